The molecule has 1 amide bonds. The Balaban J connectivity index is 1.77. The monoisotopic (exact) mass is 320 g/mol. The van der Waals surface area contributed by atoms with Crippen LogP contribution in [0.4, 0.5) is 11.4 Å². The van der Waals surface area contributed by atoms with Crippen molar-refractivity contribution in [2.45, 2.75) is 10.6 Å². The van der Waals surface area contributed by atoms with Gasteiger partial charge in [-0.25, -0.2) is 0 Å². The molecule has 1 aliphatic heterocycles. The summed E-state index contributed by atoms with van der Waals surface area (Å²) in [7, 11) is 0. The number of hydrogen-bond donors (Lipinski definition) is 2. The van der Waals surface area contributed by atoms with Gasteiger partial charge in [0.05, 0.1) is 5.69 Å². The van der Waals surface area contributed by atoms with Crippen molar-refractivity contribution in [3.05, 3.63) is 47.0 Å². The number of thioether (sulfide) groups is 1. The van der Waals surface area contributed by atoms with E-state index in [-0.39, 0.29) is 12.5 Å². The number of benzene rings is 2. The normalized spacial score (nSPS) is 13.3. The summed E-state index contributed by atoms with van der Waals surface area (Å²) in [4.78, 5) is 12.3. The van der Waals surface area contributed by atoms with Gasteiger partial charge in [0.1, 0.15) is 5.75 Å². The summed E-state index contributed by atoms with van der Waals surface area (Å²) in [6, 6.07) is 11.3. The highest BCUT2D eigenvalue weighted by Gasteiger charge is 2.18. The van der Waals surface area contributed by atoms with E-state index in [2.05, 4.69) is 5.32 Å². The standard InChI is InChI=1S/C15H13ClN2O2S/c16-10-3-1-9(2-4-10)8-21-14-6-12-13(5-11(14)17)20-7-15(19)18-12/h1-6H,7-8,17H2,(H,18,19). The molecule has 0 aromatic heterocycles. The Kier molecular flexibility index (Phi) is 3.94. The van der Waals surface area contributed by atoms with Crippen LogP contribution in [0.15, 0.2) is 41.3 Å². The van der Waals surface area contributed by atoms with Gasteiger partial charge >= 0.3 is 0 Å². The lowest BCUT2D eigenvalue weighted by Gasteiger charge is -2.19. The van der Waals surface area contributed by atoms with Crippen molar-refractivity contribution >= 4 is 40.6 Å². The topological polar surface area (TPSA) is 64.3 Å². The van der Waals surface area contributed by atoms with Gasteiger partial charge in [0, 0.05) is 27.4 Å². The van der Waals surface area contributed by atoms with Crippen LogP contribution in [-0.2, 0) is 10.5 Å². The first kappa shape index (κ1) is 14.1. The summed E-state index contributed by atoms with van der Waals surface area (Å²) in [6.07, 6.45) is 0. The van der Waals surface area contributed by atoms with Crippen LogP contribution in [0.3, 0.4) is 0 Å². The molecule has 0 fully saturated rings. The summed E-state index contributed by atoms with van der Waals surface area (Å²) in [6.45, 7) is 0.0315. The van der Waals surface area contributed by atoms with Gasteiger partial charge in [-0.1, -0.05) is 23.7 Å². The maximum atomic E-state index is 11.3. The number of anilines is 2. The molecule has 0 unspecified atom stereocenters. The van der Waals surface area contributed by atoms with E-state index in [4.69, 9.17) is 22.1 Å². The Bertz CT molecular complexity index is 689. The molecule has 2 aromatic carbocycles. The first-order valence-corrected chi connectivity index (χ1v) is 7.71. The zero-order valence-electron chi connectivity index (χ0n) is 11.1. The van der Waals surface area contributed by atoms with Gasteiger partial charge < -0.3 is 15.8 Å². The van der Waals surface area contributed by atoms with Crippen molar-refractivity contribution in [1.82, 2.24) is 0 Å². The summed E-state index contributed by atoms with van der Waals surface area (Å²) in [5.41, 5.74) is 8.50. The van der Waals surface area contributed by atoms with Crippen LogP contribution in [0, 0.1) is 0 Å². The highest BCUT2D eigenvalue weighted by Crippen LogP contribution is 2.38. The number of carbonyl (C=O) groups excluding carboxylic acids is 1. The van der Waals surface area contributed by atoms with Crippen LogP contribution < -0.4 is 15.8 Å². The van der Waals surface area contributed by atoms with Gasteiger partial charge in [-0.15, -0.1) is 11.8 Å². The Morgan fingerprint density at radius 1 is 1.29 bits per heavy atom. The summed E-state index contributed by atoms with van der Waals surface area (Å²) in [5.74, 6) is 1.23. The number of carbonyl (C=O) groups is 1. The predicted molar refractivity (Wildman–Crippen MR) is 86.0 cm³/mol. The molecule has 3 rings (SSSR count). The average Bonchev–Trinajstić information content (AvgIpc) is 2.47. The molecular weight excluding hydrogens is 308 g/mol. The van der Waals surface area contributed by atoms with Gasteiger partial charge in [-0.3, -0.25) is 4.79 Å². The number of amides is 1. The van der Waals surface area contributed by atoms with Gasteiger partial charge in [-0.05, 0) is 23.8 Å². The van der Waals surface area contributed by atoms with E-state index in [1.807, 2.05) is 30.3 Å². The third-order valence-corrected chi connectivity index (χ3v) is 4.45. The van der Waals surface area contributed by atoms with Gasteiger partial charge in [0.15, 0.2) is 6.61 Å². The van der Waals surface area contributed by atoms with E-state index in [1.54, 1.807) is 17.8 Å². The first-order chi connectivity index (χ1) is 10.1. The van der Waals surface area contributed by atoms with E-state index in [1.165, 1.54) is 0 Å². The molecule has 1 aliphatic rings. The van der Waals surface area contributed by atoms with Gasteiger partial charge in [0.2, 0.25) is 0 Å². The van der Waals surface area contributed by atoms with E-state index < -0.39 is 0 Å². The molecule has 0 bridgehead atoms. The Morgan fingerprint density at radius 2 is 2.05 bits per heavy atom. The van der Waals surface area contributed by atoms with Crippen molar-refractivity contribution in [3.63, 3.8) is 0 Å². The third kappa shape index (κ3) is 3.25. The fraction of sp³-hybridized carbons (Fsp3) is 0.133. The van der Waals surface area contributed by atoms with Crippen LogP contribution in [0.5, 0.6) is 5.75 Å². The molecule has 0 radical (unpaired) electrons. The Morgan fingerprint density at radius 3 is 2.81 bits per heavy atom. The van der Waals surface area contributed by atoms with E-state index >= 15 is 0 Å². The summed E-state index contributed by atoms with van der Waals surface area (Å²) in [5, 5.41) is 3.50. The number of hydrogen-bond acceptors (Lipinski definition) is 4. The minimum Gasteiger partial charge on any atom is -0.482 e. The molecule has 0 aliphatic carbocycles. The minimum atomic E-state index is -0.152. The zero-order valence-corrected chi connectivity index (χ0v) is 12.6. The molecule has 108 valence electrons. The first-order valence-electron chi connectivity index (χ1n) is 6.35. The number of rotatable bonds is 3. The van der Waals surface area contributed by atoms with Crippen molar-refractivity contribution in [2.75, 3.05) is 17.7 Å². The second-order valence-electron chi connectivity index (χ2n) is 4.64. The Hall–Kier alpha value is -1.85. The third-order valence-electron chi connectivity index (χ3n) is 3.05. The van der Waals surface area contributed by atoms with Crippen LogP contribution >= 0.6 is 23.4 Å². The molecule has 0 spiro atoms. The molecule has 3 N–H and O–H groups in total. The number of halogens is 1. The fourth-order valence-corrected chi connectivity index (χ4v) is 3.06. The lowest BCUT2D eigenvalue weighted by molar-refractivity contribution is -0.118. The average molecular weight is 321 g/mol. The van der Waals surface area contributed by atoms with E-state index in [9.17, 15) is 4.79 Å². The van der Waals surface area contributed by atoms with Crippen LogP contribution in [-0.4, -0.2) is 12.5 Å². The second kappa shape index (κ2) is 5.87. The van der Waals surface area contributed by atoms with Crippen LogP contribution in [0.1, 0.15) is 5.56 Å². The van der Waals surface area contributed by atoms with Crippen LogP contribution in [0.2, 0.25) is 5.02 Å². The van der Waals surface area contributed by atoms with Crippen molar-refractivity contribution < 1.29 is 9.53 Å². The largest absolute Gasteiger partial charge is 0.482 e. The van der Waals surface area contributed by atoms with Crippen molar-refractivity contribution in [1.29, 1.82) is 0 Å². The zero-order chi connectivity index (χ0) is 14.8. The highest BCUT2D eigenvalue weighted by atomic mass is 35.5. The molecule has 4 nitrogen and oxygen atoms in total. The molecule has 6 heteroatoms. The SMILES string of the molecule is Nc1cc2c(cc1SCc1ccc(Cl)cc1)NC(=O)CO2. The maximum Gasteiger partial charge on any atom is 0.262 e. The maximum absolute atomic E-state index is 11.3. The number of ether oxygens (including phenoxy) is 1. The molecule has 2 aromatic rings. The lowest BCUT2D eigenvalue weighted by atomic mass is 10.2. The molecule has 1 heterocycles. The van der Waals surface area contributed by atoms with Gasteiger partial charge in [0.25, 0.3) is 5.91 Å². The van der Waals surface area contributed by atoms with Crippen molar-refractivity contribution in [3.8, 4) is 5.75 Å². The molecule has 0 saturated carbocycles. The molecular formula is C15H13ClN2O2S. The smallest absolute Gasteiger partial charge is 0.262 e. The fourth-order valence-electron chi connectivity index (χ4n) is 1.99. The quantitative estimate of drug-likeness (QED) is 0.670. The summed E-state index contributed by atoms with van der Waals surface area (Å²) >= 11 is 7.47. The Labute approximate surface area is 131 Å². The van der Waals surface area contributed by atoms with E-state index in [0.717, 1.165) is 21.2 Å². The summed E-state index contributed by atoms with van der Waals surface area (Å²) < 4.78 is 5.33. The number of nitrogen functional groups attached to an aromatic ring is 1. The second-order valence-corrected chi connectivity index (χ2v) is 6.09. The lowest BCUT2D eigenvalue weighted by Crippen LogP contribution is -2.25. The minimum absolute atomic E-state index is 0.0315. The number of nitrogens with two attached hydrogens (primary N) is 1. The van der Waals surface area contributed by atoms with Gasteiger partial charge in [-0.2, -0.15) is 0 Å². The van der Waals surface area contributed by atoms with Crippen LogP contribution in [0.25, 0.3) is 0 Å². The van der Waals surface area contributed by atoms with Crippen molar-refractivity contribution in [2.24, 2.45) is 0 Å². The number of nitrogens with one attached hydrogen (secondary N) is 1. The molecule has 0 saturated heterocycles. The van der Waals surface area contributed by atoms with E-state index in [0.29, 0.717) is 17.1 Å². The predicted octanol–water partition coefficient (Wildman–Crippen LogP) is 3.55. The number of fused-ring (bicyclic) bond motifs is 1. The highest BCUT2D eigenvalue weighted by molar-refractivity contribution is 7.98. The molecule has 0 atom stereocenters. The molecule has 21 heavy (non-hydrogen) atoms.